The fourth-order valence-electron chi connectivity index (χ4n) is 4.22. The Balaban J connectivity index is 1.55. The highest BCUT2D eigenvalue weighted by atomic mass is 32.2. The summed E-state index contributed by atoms with van der Waals surface area (Å²) in [5.74, 6) is -1.77. The van der Waals surface area contributed by atoms with Crippen LogP contribution in [0.15, 0.2) is 76.7 Å². The molecular formula is C29H31N5O6S. The summed E-state index contributed by atoms with van der Waals surface area (Å²) < 4.78 is 5.03. The zero-order valence-corrected chi connectivity index (χ0v) is 23.4. The van der Waals surface area contributed by atoms with E-state index in [-0.39, 0.29) is 51.3 Å². The molecular weight excluding hydrogens is 546 g/mol. The number of aliphatic carboxylic acids is 1. The van der Waals surface area contributed by atoms with E-state index in [2.05, 4.69) is 15.3 Å². The van der Waals surface area contributed by atoms with Crippen LogP contribution in [0.1, 0.15) is 30.3 Å². The molecule has 11 nitrogen and oxygen atoms in total. The minimum Gasteiger partial charge on any atom is -0.481 e. The summed E-state index contributed by atoms with van der Waals surface area (Å²) in [5.41, 5.74) is 0.771. The molecule has 0 aliphatic carbocycles. The van der Waals surface area contributed by atoms with Crippen LogP contribution >= 0.6 is 11.8 Å². The molecule has 41 heavy (non-hydrogen) atoms. The number of piperazine rings is 1. The van der Waals surface area contributed by atoms with Gasteiger partial charge in [-0.05, 0) is 25.5 Å². The van der Waals surface area contributed by atoms with Gasteiger partial charge in [0, 0.05) is 49.1 Å². The molecule has 1 saturated heterocycles. The lowest BCUT2D eigenvalue weighted by Crippen LogP contribution is -2.56. The number of carbonyl (C=O) groups is 4. The number of amides is 3. The number of ether oxygens (including phenoxy) is 1. The van der Waals surface area contributed by atoms with E-state index in [1.807, 2.05) is 60.7 Å². The van der Waals surface area contributed by atoms with E-state index in [4.69, 9.17) is 4.74 Å². The molecule has 1 aromatic heterocycles. The lowest BCUT2D eigenvalue weighted by molar-refractivity contribution is -0.138. The smallest absolute Gasteiger partial charge is 0.409 e. The minimum atomic E-state index is -1.09. The van der Waals surface area contributed by atoms with Crippen molar-refractivity contribution in [3.05, 3.63) is 72.4 Å². The number of carboxylic acids is 1. The molecule has 12 heteroatoms. The number of hydrogen-bond donors (Lipinski definition) is 2. The molecule has 2 N–H and O–H groups in total. The van der Waals surface area contributed by atoms with Gasteiger partial charge in [0.05, 0.1) is 6.61 Å². The van der Waals surface area contributed by atoms with Crippen LogP contribution in [0.3, 0.4) is 0 Å². The lowest BCUT2D eigenvalue weighted by atomic mass is 10.1. The third-order valence-corrected chi connectivity index (χ3v) is 7.23. The van der Waals surface area contributed by atoms with Crippen molar-refractivity contribution in [2.75, 3.05) is 32.8 Å². The summed E-state index contributed by atoms with van der Waals surface area (Å²) in [6.45, 7) is 2.99. The topological polar surface area (TPSA) is 142 Å². The first-order valence-electron chi connectivity index (χ1n) is 13.2. The van der Waals surface area contributed by atoms with E-state index in [1.165, 1.54) is 21.6 Å². The van der Waals surface area contributed by atoms with Gasteiger partial charge in [-0.25, -0.2) is 14.8 Å². The molecule has 1 fully saturated rings. The number of hydrogen-bond acceptors (Lipinski definition) is 8. The SMILES string of the molecule is CCOC(=O)N1CCN(C(=O)[C@H](CCC(=O)O)NC(=O)c2cc(Sc3ccccc3)nc(-c3ccccc3)n2)CC1. The van der Waals surface area contributed by atoms with Crippen LogP contribution in [0, 0.1) is 0 Å². The van der Waals surface area contributed by atoms with E-state index in [9.17, 15) is 24.3 Å². The molecule has 0 bridgehead atoms. The van der Waals surface area contributed by atoms with Gasteiger partial charge in [0.25, 0.3) is 5.91 Å². The number of nitrogens with one attached hydrogen (secondary N) is 1. The van der Waals surface area contributed by atoms with Crippen LogP contribution in [-0.4, -0.2) is 87.6 Å². The lowest BCUT2D eigenvalue weighted by Gasteiger charge is -2.35. The third-order valence-electron chi connectivity index (χ3n) is 6.30. The van der Waals surface area contributed by atoms with Crippen molar-refractivity contribution >= 4 is 35.6 Å². The maximum Gasteiger partial charge on any atom is 0.409 e. The molecule has 1 aliphatic heterocycles. The van der Waals surface area contributed by atoms with E-state index in [0.717, 1.165) is 10.5 Å². The monoisotopic (exact) mass is 577 g/mol. The summed E-state index contributed by atoms with van der Waals surface area (Å²) in [6, 6.07) is 19.3. The Bertz CT molecular complexity index is 1370. The van der Waals surface area contributed by atoms with Crippen molar-refractivity contribution in [3.8, 4) is 11.4 Å². The zero-order chi connectivity index (χ0) is 29.2. The van der Waals surface area contributed by atoms with Crippen LogP contribution < -0.4 is 5.32 Å². The van der Waals surface area contributed by atoms with E-state index in [0.29, 0.717) is 10.9 Å². The van der Waals surface area contributed by atoms with Crippen LogP contribution in [0.25, 0.3) is 11.4 Å². The minimum absolute atomic E-state index is 0.0533. The number of carboxylic acid groups (broad SMARTS) is 1. The Kier molecular flexibility index (Phi) is 10.3. The van der Waals surface area contributed by atoms with Gasteiger partial charge < -0.3 is 25.0 Å². The molecule has 1 aliphatic rings. The molecule has 2 aromatic carbocycles. The highest BCUT2D eigenvalue weighted by Crippen LogP contribution is 2.28. The highest BCUT2D eigenvalue weighted by molar-refractivity contribution is 7.99. The van der Waals surface area contributed by atoms with Gasteiger partial charge in [-0.1, -0.05) is 60.3 Å². The van der Waals surface area contributed by atoms with E-state index in [1.54, 1.807) is 13.0 Å². The zero-order valence-electron chi connectivity index (χ0n) is 22.6. The van der Waals surface area contributed by atoms with Gasteiger partial charge in [-0.3, -0.25) is 14.4 Å². The highest BCUT2D eigenvalue weighted by Gasteiger charge is 2.31. The fraction of sp³-hybridized carbons (Fsp3) is 0.310. The van der Waals surface area contributed by atoms with Gasteiger partial charge in [-0.2, -0.15) is 0 Å². The standard InChI is InChI=1S/C29H31N5O6S/c1-2-40-29(39)34-17-15-33(16-18-34)28(38)22(13-14-25(35)36)31-27(37)23-19-24(41-21-11-7-4-8-12-21)32-26(30-23)20-9-5-3-6-10-20/h3-12,19,22H,2,13-18H2,1H3,(H,31,37)(H,35,36)/t22-/m0/s1. The normalized spacial score (nSPS) is 13.8. The maximum atomic E-state index is 13.5. The van der Waals surface area contributed by atoms with E-state index >= 15 is 0 Å². The van der Waals surface area contributed by atoms with Crippen molar-refractivity contribution < 1.29 is 29.0 Å². The second-order valence-electron chi connectivity index (χ2n) is 9.17. The largest absolute Gasteiger partial charge is 0.481 e. The van der Waals surface area contributed by atoms with Crippen molar-refractivity contribution in [2.24, 2.45) is 0 Å². The maximum absolute atomic E-state index is 13.5. The van der Waals surface area contributed by atoms with Crippen molar-refractivity contribution in [1.29, 1.82) is 0 Å². The van der Waals surface area contributed by atoms with Crippen molar-refractivity contribution in [2.45, 2.75) is 35.7 Å². The van der Waals surface area contributed by atoms with Crippen LogP contribution in [-0.2, 0) is 14.3 Å². The Hall–Kier alpha value is -4.45. The number of aromatic nitrogens is 2. The van der Waals surface area contributed by atoms with Gasteiger partial charge >= 0.3 is 12.1 Å². The van der Waals surface area contributed by atoms with Gasteiger partial charge in [0.1, 0.15) is 16.8 Å². The van der Waals surface area contributed by atoms with E-state index < -0.39 is 29.9 Å². The summed E-state index contributed by atoms with van der Waals surface area (Å²) in [6.07, 6.45) is -0.856. The van der Waals surface area contributed by atoms with Crippen LogP contribution in [0.5, 0.6) is 0 Å². The number of carbonyl (C=O) groups excluding carboxylic acids is 3. The number of benzene rings is 2. The fourth-order valence-corrected chi connectivity index (χ4v) is 5.06. The predicted molar refractivity (Wildman–Crippen MR) is 151 cm³/mol. The molecule has 214 valence electrons. The van der Waals surface area contributed by atoms with Gasteiger partial charge in [-0.15, -0.1) is 0 Å². The Morgan fingerprint density at radius 2 is 1.59 bits per heavy atom. The summed E-state index contributed by atoms with van der Waals surface area (Å²) in [4.78, 5) is 63.3. The predicted octanol–water partition coefficient (Wildman–Crippen LogP) is 3.56. The van der Waals surface area contributed by atoms with Gasteiger partial charge in [0.15, 0.2) is 5.82 Å². The second-order valence-corrected chi connectivity index (χ2v) is 10.3. The average Bonchev–Trinajstić information content (AvgIpc) is 2.99. The molecule has 3 amide bonds. The van der Waals surface area contributed by atoms with Gasteiger partial charge in [0.2, 0.25) is 5.91 Å². The first kappa shape index (κ1) is 29.5. The van der Waals surface area contributed by atoms with Crippen LogP contribution in [0.4, 0.5) is 4.79 Å². The Morgan fingerprint density at radius 1 is 0.951 bits per heavy atom. The summed E-state index contributed by atoms with van der Waals surface area (Å²) in [5, 5.41) is 12.5. The third kappa shape index (κ3) is 8.27. The Labute approximate surface area is 241 Å². The molecule has 4 rings (SSSR count). The van der Waals surface area contributed by atoms with Crippen molar-refractivity contribution in [3.63, 3.8) is 0 Å². The van der Waals surface area contributed by atoms with Crippen LogP contribution in [0.2, 0.25) is 0 Å². The molecule has 2 heterocycles. The average molecular weight is 578 g/mol. The first-order valence-corrected chi connectivity index (χ1v) is 14.1. The summed E-state index contributed by atoms with van der Waals surface area (Å²) in [7, 11) is 0. The summed E-state index contributed by atoms with van der Waals surface area (Å²) >= 11 is 1.37. The molecule has 1 atom stereocenters. The number of rotatable bonds is 10. The molecule has 0 saturated carbocycles. The molecule has 0 unspecified atom stereocenters. The van der Waals surface area contributed by atoms with Crippen molar-refractivity contribution in [1.82, 2.24) is 25.1 Å². The quantitative estimate of drug-likeness (QED) is 0.346. The molecule has 3 aromatic rings. The first-order chi connectivity index (χ1) is 19.8. The number of nitrogens with zero attached hydrogens (tertiary/aromatic N) is 4. The Morgan fingerprint density at radius 3 is 2.22 bits per heavy atom. The second kappa shape index (κ2) is 14.3. The molecule has 0 radical (unpaired) electrons. The molecule has 0 spiro atoms.